The van der Waals surface area contributed by atoms with E-state index in [9.17, 15) is 9.59 Å². The molecule has 0 radical (unpaired) electrons. The predicted octanol–water partition coefficient (Wildman–Crippen LogP) is 1.29. The first-order valence-corrected chi connectivity index (χ1v) is 5.88. The highest BCUT2D eigenvalue weighted by molar-refractivity contribution is 5.95. The number of nitrogens with zero attached hydrogens (tertiary/aromatic N) is 1. The van der Waals surface area contributed by atoms with E-state index < -0.39 is 5.97 Å². The molecule has 1 heterocycles. The Morgan fingerprint density at radius 3 is 2.70 bits per heavy atom. The number of carboxylic acid groups (broad SMARTS) is 1. The molecule has 0 fully saturated rings. The van der Waals surface area contributed by atoms with Crippen molar-refractivity contribution in [2.24, 2.45) is 0 Å². The highest BCUT2D eigenvalue weighted by Gasteiger charge is 2.07. The number of carbonyl (C=O) groups is 2. The van der Waals surface area contributed by atoms with E-state index in [-0.39, 0.29) is 18.0 Å². The minimum absolute atomic E-state index is 0.133. The number of benzene rings is 1. The lowest BCUT2D eigenvalue weighted by Crippen LogP contribution is -2.23. The van der Waals surface area contributed by atoms with E-state index in [1.165, 1.54) is 18.3 Å². The van der Waals surface area contributed by atoms with Crippen LogP contribution < -0.4 is 11.1 Å². The van der Waals surface area contributed by atoms with Crippen LogP contribution in [0.2, 0.25) is 0 Å². The van der Waals surface area contributed by atoms with Crippen molar-refractivity contribution in [2.45, 2.75) is 6.54 Å². The lowest BCUT2D eigenvalue weighted by atomic mass is 10.2. The molecule has 0 atom stereocenters. The first-order valence-electron chi connectivity index (χ1n) is 5.88. The quantitative estimate of drug-likeness (QED) is 0.727. The first-order chi connectivity index (χ1) is 9.56. The van der Waals surface area contributed by atoms with Crippen molar-refractivity contribution in [2.75, 3.05) is 5.73 Å². The Kier molecular flexibility index (Phi) is 3.95. The van der Waals surface area contributed by atoms with Gasteiger partial charge in [0.15, 0.2) is 0 Å². The fraction of sp³-hybridized carbons (Fsp3) is 0.0714. The number of anilines is 1. The van der Waals surface area contributed by atoms with Gasteiger partial charge in [-0.2, -0.15) is 0 Å². The molecule has 0 aliphatic carbocycles. The van der Waals surface area contributed by atoms with Gasteiger partial charge in [0, 0.05) is 17.4 Å². The van der Waals surface area contributed by atoms with Crippen molar-refractivity contribution in [1.29, 1.82) is 0 Å². The van der Waals surface area contributed by atoms with Crippen LogP contribution in [0.1, 0.15) is 26.4 Å². The molecule has 0 spiro atoms. The number of carbonyl (C=O) groups excluding carboxylic acids is 1. The fourth-order valence-electron chi connectivity index (χ4n) is 1.66. The van der Waals surface area contributed by atoms with Crippen molar-refractivity contribution in [1.82, 2.24) is 10.3 Å². The Morgan fingerprint density at radius 1 is 1.20 bits per heavy atom. The molecule has 0 saturated carbocycles. The normalized spacial score (nSPS) is 10.0. The standard InChI is InChI=1S/C14H13N3O3/c15-11-3-1-2-9(6-11)13(18)17-8-12-7-10(14(19)20)4-5-16-12/h1-7H,8,15H2,(H,17,18)(H,19,20). The van der Waals surface area contributed by atoms with E-state index in [2.05, 4.69) is 10.3 Å². The molecule has 0 aliphatic heterocycles. The predicted molar refractivity (Wildman–Crippen MR) is 73.2 cm³/mol. The molecule has 0 unspecified atom stereocenters. The van der Waals surface area contributed by atoms with Crippen molar-refractivity contribution in [3.05, 3.63) is 59.4 Å². The Morgan fingerprint density at radius 2 is 2.00 bits per heavy atom. The third-order valence-corrected chi connectivity index (χ3v) is 2.64. The molecule has 6 nitrogen and oxygen atoms in total. The van der Waals surface area contributed by atoms with Crippen LogP contribution in [0, 0.1) is 0 Å². The third kappa shape index (κ3) is 3.32. The van der Waals surface area contributed by atoms with Gasteiger partial charge < -0.3 is 16.2 Å². The van der Waals surface area contributed by atoms with E-state index >= 15 is 0 Å². The largest absolute Gasteiger partial charge is 0.478 e. The van der Waals surface area contributed by atoms with Gasteiger partial charge in [0.25, 0.3) is 5.91 Å². The molecule has 1 amide bonds. The molecule has 0 bridgehead atoms. The average Bonchev–Trinajstić information content (AvgIpc) is 2.45. The summed E-state index contributed by atoms with van der Waals surface area (Å²) in [5.41, 5.74) is 7.15. The number of aromatic nitrogens is 1. The number of hydrogen-bond donors (Lipinski definition) is 3. The first kappa shape index (κ1) is 13.5. The van der Waals surface area contributed by atoms with Gasteiger partial charge in [-0.1, -0.05) is 6.07 Å². The maximum atomic E-state index is 11.9. The van der Waals surface area contributed by atoms with Crippen LogP contribution in [0.5, 0.6) is 0 Å². The zero-order valence-electron chi connectivity index (χ0n) is 10.5. The van der Waals surface area contributed by atoms with E-state index in [4.69, 9.17) is 10.8 Å². The van der Waals surface area contributed by atoms with Crippen LogP contribution in [0.15, 0.2) is 42.6 Å². The molecule has 20 heavy (non-hydrogen) atoms. The molecule has 2 aromatic rings. The monoisotopic (exact) mass is 271 g/mol. The Bertz CT molecular complexity index is 656. The number of nitrogens with one attached hydrogen (secondary N) is 1. The van der Waals surface area contributed by atoms with Gasteiger partial charge in [-0.05, 0) is 30.3 Å². The SMILES string of the molecule is Nc1cccc(C(=O)NCc2cc(C(=O)O)ccn2)c1. The van der Waals surface area contributed by atoms with Crippen LogP contribution in [0.25, 0.3) is 0 Å². The number of amides is 1. The van der Waals surface area contributed by atoms with Crippen molar-refractivity contribution >= 4 is 17.6 Å². The molecule has 6 heteroatoms. The molecular formula is C14H13N3O3. The van der Waals surface area contributed by atoms with Crippen molar-refractivity contribution in [3.8, 4) is 0 Å². The van der Waals surface area contributed by atoms with Crippen LogP contribution >= 0.6 is 0 Å². The minimum atomic E-state index is -1.03. The average molecular weight is 271 g/mol. The highest BCUT2D eigenvalue weighted by Crippen LogP contribution is 2.07. The second-order valence-corrected chi connectivity index (χ2v) is 4.15. The molecule has 1 aromatic heterocycles. The maximum absolute atomic E-state index is 11.9. The molecule has 102 valence electrons. The molecule has 0 aliphatic rings. The topological polar surface area (TPSA) is 105 Å². The molecule has 4 N–H and O–H groups in total. The smallest absolute Gasteiger partial charge is 0.335 e. The number of pyridine rings is 1. The summed E-state index contributed by atoms with van der Waals surface area (Å²) in [6.07, 6.45) is 1.39. The zero-order valence-corrected chi connectivity index (χ0v) is 10.5. The number of carboxylic acids is 1. The molecule has 1 aromatic carbocycles. The van der Waals surface area contributed by atoms with E-state index in [0.717, 1.165) is 0 Å². The fourth-order valence-corrected chi connectivity index (χ4v) is 1.66. The highest BCUT2D eigenvalue weighted by atomic mass is 16.4. The van der Waals surface area contributed by atoms with Crippen molar-refractivity contribution in [3.63, 3.8) is 0 Å². The Hall–Kier alpha value is -2.89. The summed E-state index contributed by atoms with van der Waals surface area (Å²) < 4.78 is 0. The van der Waals surface area contributed by atoms with Gasteiger partial charge in [0.1, 0.15) is 0 Å². The van der Waals surface area contributed by atoms with Gasteiger partial charge >= 0.3 is 5.97 Å². The Labute approximate surface area is 115 Å². The summed E-state index contributed by atoms with van der Waals surface area (Å²) >= 11 is 0. The zero-order chi connectivity index (χ0) is 14.5. The second kappa shape index (κ2) is 5.83. The lowest BCUT2D eigenvalue weighted by molar-refractivity contribution is 0.0696. The lowest BCUT2D eigenvalue weighted by Gasteiger charge is -2.06. The summed E-state index contributed by atoms with van der Waals surface area (Å²) in [4.78, 5) is 26.7. The minimum Gasteiger partial charge on any atom is -0.478 e. The summed E-state index contributed by atoms with van der Waals surface area (Å²) in [6, 6.07) is 9.40. The maximum Gasteiger partial charge on any atom is 0.335 e. The van der Waals surface area contributed by atoms with Crippen LogP contribution in [-0.4, -0.2) is 22.0 Å². The van der Waals surface area contributed by atoms with E-state index in [1.807, 2.05) is 0 Å². The van der Waals surface area contributed by atoms with Gasteiger partial charge in [-0.15, -0.1) is 0 Å². The summed E-state index contributed by atoms with van der Waals surface area (Å²) in [5.74, 6) is -1.32. The van der Waals surface area contributed by atoms with Crippen LogP contribution in [0.3, 0.4) is 0 Å². The second-order valence-electron chi connectivity index (χ2n) is 4.15. The summed E-state index contributed by atoms with van der Waals surface area (Å²) in [7, 11) is 0. The molecular weight excluding hydrogens is 258 g/mol. The number of nitrogen functional groups attached to an aromatic ring is 1. The number of nitrogens with two attached hydrogens (primary N) is 1. The van der Waals surface area contributed by atoms with Gasteiger partial charge in [0.05, 0.1) is 17.8 Å². The summed E-state index contributed by atoms with van der Waals surface area (Å²) in [5, 5.41) is 11.5. The van der Waals surface area contributed by atoms with E-state index in [0.29, 0.717) is 16.9 Å². The number of rotatable bonds is 4. The van der Waals surface area contributed by atoms with Crippen LogP contribution in [-0.2, 0) is 6.54 Å². The van der Waals surface area contributed by atoms with Crippen molar-refractivity contribution < 1.29 is 14.7 Å². The summed E-state index contributed by atoms with van der Waals surface area (Å²) in [6.45, 7) is 0.148. The molecule has 2 rings (SSSR count). The van der Waals surface area contributed by atoms with Crippen LogP contribution in [0.4, 0.5) is 5.69 Å². The van der Waals surface area contributed by atoms with Gasteiger partial charge in [-0.3, -0.25) is 9.78 Å². The van der Waals surface area contributed by atoms with Gasteiger partial charge in [-0.25, -0.2) is 4.79 Å². The Balaban J connectivity index is 2.03. The van der Waals surface area contributed by atoms with Gasteiger partial charge in [0.2, 0.25) is 0 Å². The molecule has 0 saturated heterocycles. The third-order valence-electron chi connectivity index (χ3n) is 2.64. The van der Waals surface area contributed by atoms with E-state index in [1.54, 1.807) is 24.3 Å². The number of hydrogen-bond acceptors (Lipinski definition) is 4. The number of aromatic carboxylic acids is 1.